The smallest absolute Gasteiger partial charge is 0.333 e. The van der Waals surface area contributed by atoms with E-state index >= 15 is 0 Å². The van der Waals surface area contributed by atoms with Crippen LogP contribution in [0.2, 0.25) is 0 Å². The van der Waals surface area contributed by atoms with Crippen molar-refractivity contribution in [1.29, 1.82) is 0 Å². The normalized spacial score (nSPS) is 22.5. The summed E-state index contributed by atoms with van der Waals surface area (Å²) in [7, 11) is -13.9. The molecule has 2 unspecified atom stereocenters. The molecule has 5 amide bonds. The number of carbonyl (C=O) groups is 6. The van der Waals surface area contributed by atoms with Crippen LogP contribution in [0.1, 0.15) is 135 Å². The summed E-state index contributed by atoms with van der Waals surface area (Å²) in [5.41, 5.74) is 1.88. The first-order valence-corrected chi connectivity index (χ1v) is 29.6. The maximum atomic E-state index is 13.5. The van der Waals surface area contributed by atoms with Crippen molar-refractivity contribution in [2.24, 2.45) is 0 Å². The average molecular weight is 1100 g/mol. The van der Waals surface area contributed by atoms with E-state index in [-0.39, 0.29) is 73.9 Å². The predicted molar refractivity (Wildman–Crippen MR) is 272 cm³/mol. The van der Waals surface area contributed by atoms with Crippen molar-refractivity contribution in [3.05, 3.63) is 71.5 Å². The topological polar surface area (TPSA) is 323 Å². The van der Waals surface area contributed by atoms with Crippen LogP contribution in [-0.2, 0) is 74.8 Å². The summed E-state index contributed by atoms with van der Waals surface area (Å²) < 4.78 is 107. The van der Waals surface area contributed by atoms with Crippen molar-refractivity contribution >= 4 is 82.9 Å². The lowest BCUT2D eigenvalue weighted by Crippen LogP contribution is -2.52. The summed E-state index contributed by atoms with van der Waals surface area (Å²) in [5, 5.41) is 8.77. The summed E-state index contributed by atoms with van der Waals surface area (Å²) in [6.07, 6.45) is 10.00. The van der Waals surface area contributed by atoms with Gasteiger partial charge in [-0.1, -0.05) is 25.3 Å². The molecule has 2 aromatic carbocycles. The number of hydroxylamine groups is 2. The van der Waals surface area contributed by atoms with E-state index in [0.717, 1.165) is 5.71 Å². The van der Waals surface area contributed by atoms with Crippen LogP contribution in [0.4, 0.5) is 11.4 Å². The number of anilines is 1. The van der Waals surface area contributed by atoms with Crippen molar-refractivity contribution in [1.82, 2.24) is 21.0 Å². The van der Waals surface area contributed by atoms with Gasteiger partial charge in [0, 0.05) is 92.7 Å². The standard InChI is InChI=1S/C50H66N6O16S3/c1-49(2)36-31-34(74(66,67)68)20-22-39(36)54-28-12-6-8-17-43(57)52-33-38(48(62)51-27-11-5-9-19-47(61)72-56-45(59)24-25-46(56)60)53-44(58)18-7-4-10-26-50(3)37-32-35(75(69,70)71)21-23-40(37)55(29-14-30-73(63,64)65)42(50)16-13-15-41(49)54/h13,15-16,20-23,31-32,38H,4-12,14,17-19,24-30,33H2,1-3H3,(H5-,51,52,53,57,58,62,63,64,65,66,67,68,69,70,71). The molecule has 0 aromatic heterocycles. The summed E-state index contributed by atoms with van der Waals surface area (Å²) in [6, 6.07) is 7.24. The van der Waals surface area contributed by atoms with Crippen LogP contribution in [0.5, 0.6) is 0 Å². The molecule has 4 aliphatic rings. The monoisotopic (exact) mass is 1100 g/mol. The largest absolute Gasteiger partial charge is 0.744 e. The number of nitrogens with zero attached hydrogens (tertiary/aromatic N) is 3. The van der Waals surface area contributed by atoms with Gasteiger partial charge >= 0.3 is 5.97 Å². The highest BCUT2D eigenvalue weighted by atomic mass is 32.2. The average Bonchev–Trinajstić information content (AvgIpc) is 3.84. The number of amides is 5. The number of rotatable bonds is 14. The van der Waals surface area contributed by atoms with Crippen LogP contribution in [0.3, 0.4) is 0 Å². The van der Waals surface area contributed by atoms with E-state index in [0.29, 0.717) is 104 Å². The molecule has 2 atom stereocenters. The van der Waals surface area contributed by atoms with Gasteiger partial charge in [-0.15, -0.1) is 5.06 Å². The van der Waals surface area contributed by atoms with Gasteiger partial charge in [-0.25, -0.2) is 13.2 Å². The van der Waals surface area contributed by atoms with Gasteiger partial charge in [-0.3, -0.25) is 33.1 Å². The molecule has 75 heavy (non-hydrogen) atoms. The lowest BCUT2D eigenvalue weighted by molar-refractivity contribution is -0.438. The van der Waals surface area contributed by atoms with Gasteiger partial charge in [-0.05, 0) is 108 Å². The number of hydrogen-bond donors (Lipinski definition) is 5. The fourth-order valence-electron chi connectivity index (χ4n) is 10.0. The van der Waals surface area contributed by atoms with Crippen molar-refractivity contribution in [3.8, 4) is 0 Å². The van der Waals surface area contributed by atoms with Crippen LogP contribution >= 0.6 is 0 Å². The fourth-order valence-corrected chi connectivity index (χ4v) is 11.5. The molecule has 1 fully saturated rings. The molecule has 25 heteroatoms. The van der Waals surface area contributed by atoms with Gasteiger partial charge in [0.1, 0.15) is 22.7 Å². The van der Waals surface area contributed by atoms with Crippen LogP contribution < -0.4 is 20.9 Å². The van der Waals surface area contributed by atoms with Crippen molar-refractivity contribution < 1.29 is 77.1 Å². The quantitative estimate of drug-likeness (QED) is 0.0769. The van der Waals surface area contributed by atoms with Gasteiger partial charge in [0.25, 0.3) is 32.1 Å². The Hall–Kier alpha value is -5.86. The van der Waals surface area contributed by atoms with E-state index in [1.807, 2.05) is 42.4 Å². The van der Waals surface area contributed by atoms with E-state index in [2.05, 4.69) is 16.0 Å². The summed E-state index contributed by atoms with van der Waals surface area (Å²) in [6.45, 7) is 6.14. The third-order valence-electron chi connectivity index (χ3n) is 14.0. The Bertz CT molecular complexity index is 2990. The SMILES string of the molecule is CC1(C)C2=[N+](CCCCCC(=O)NCC(C(=O)NCCCCCC(=O)ON3C(=O)CCC3=O)NC(=O)CCCCCC3(C)/C(=C/C=C/2)N(CCCS(=O)(=O)O)c2ccc(S(=O)(=O)O)cc23)c2ccc(S(=O)(=O)[O-])cc21. The number of unbranched alkanes of at least 4 members (excludes halogenated alkanes) is 2. The summed E-state index contributed by atoms with van der Waals surface area (Å²) in [4.78, 5) is 81.8. The van der Waals surface area contributed by atoms with E-state index < -0.39 is 82.6 Å². The van der Waals surface area contributed by atoms with Crippen molar-refractivity contribution in [2.45, 2.75) is 150 Å². The molecular weight excluding hydrogens is 1040 g/mol. The predicted octanol–water partition coefficient (Wildman–Crippen LogP) is 4.12. The minimum Gasteiger partial charge on any atom is -0.744 e. The van der Waals surface area contributed by atoms with Gasteiger partial charge in [0.05, 0.1) is 21.0 Å². The maximum absolute atomic E-state index is 13.5. The Kier molecular flexibility index (Phi) is 19.0. The van der Waals surface area contributed by atoms with E-state index in [1.165, 1.54) is 30.3 Å². The van der Waals surface area contributed by atoms with Crippen molar-refractivity contribution in [3.63, 3.8) is 0 Å². The Balaban J connectivity index is 1.25. The molecule has 2 aromatic rings. The molecular formula is C50H66N6O16S3. The van der Waals surface area contributed by atoms with Crippen LogP contribution in [0.25, 0.3) is 0 Å². The summed E-state index contributed by atoms with van der Waals surface area (Å²) in [5.74, 6) is -3.80. The Morgan fingerprint density at radius 3 is 2.16 bits per heavy atom. The second-order valence-corrected chi connectivity index (χ2v) is 24.3. The molecule has 0 aliphatic carbocycles. The van der Waals surface area contributed by atoms with Gasteiger partial charge in [0.2, 0.25) is 23.4 Å². The number of benzene rings is 2. The van der Waals surface area contributed by atoms with Crippen LogP contribution in [0.15, 0.2) is 70.1 Å². The number of carbonyl (C=O) groups excluding carboxylic acids is 6. The van der Waals surface area contributed by atoms with Crippen molar-refractivity contribution in [2.75, 3.05) is 36.8 Å². The highest BCUT2D eigenvalue weighted by Crippen LogP contribution is 2.52. The molecule has 22 nitrogen and oxygen atoms in total. The molecule has 0 bridgehead atoms. The lowest BCUT2D eigenvalue weighted by atomic mass is 9.77. The van der Waals surface area contributed by atoms with Gasteiger partial charge in [-0.2, -0.15) is 21.4 Å². The zero-order valence-corrected chi connectivity index (χ0v) is 44.7. The van der Waals surface area contributed by atoms with E-state index in [4.69, 9.17) is 4.84 Å². The highest BCUT2D eigenvalue weighted by Gasteiger charge is 2.46. The molecule has 410 valence electrons. The maximum Gasteiger partial charge on any atom is 0.333 e. The first kappa shape index (κ1) is 58.4. The number of hydrogen-bond acceptors (Lipinski definition) is 15. The molecule has 0 spiro atoms. The fraction of sp³-hybridized carbons (Fsp3) is 0.540. The van der Waals surface area contributed by atoms with Gasteiger partial charge in [0.15, 0.2) is 5.71 Å². The first-order valence-electron chi connectivity index (χ1n) is 25.1. The first-order chi connectivity index (χ1) is 35.2. The number of allylic oxidation sites excluding steroid dienone is 4. The van der Waals surface area contributed by atoms with E-state index in [1.54, 1.807) is 12.1 Å². The highest BCUT2D eigenvalue weighted by molar-refractivity contribution is 7.86. The molecule has 1 saturated heterocycles. The summed E-state index contributed by atoms with van der Waals surface area (Å²) >= 11 is 0. The second kappa shape index (κ2) is 24.4. The number of imide groups is 1. The van der Waals surface area contributed by atoms with Crippen LogP contribution in [0, 0.1) is 0 Å². The minimum atomic E-state index is -4.81. The zero-order valence-electron chi connectivity index (χ0n) is 42.3. The minimum absolute atomic E-state index is 0.00533. The Morgan fingerprint density at radius 2 is 1.48 bits per heavy atom. The second-order valence-electron chi connectivity index (χ2n) is 19.9. The third-order valence-corrected chi connectivity index (χ3v) is 16.5. The molecule has 0 saturated carbocycles. The molecule has 4 aliphatic heterocycles. The zero-order chi connectivity index (χ0) is 54.9. The molecule has 5 N–H and O–H groups in total. The molecule has 6 rings (SSSR count). The Labute approximate surface area is 437 Å². The number of fused-ring (bicyclic) bond motifs is 5. The molecule has 0 radical (unpaired) electrons. The molecule has 4 heterocycles. The third kappa shape index (κ3) is 15.0. The van der Waals surface area contributed by atoms with Crippen LogP contribution in [-0.4, -0.2) is 128 Å². The lowest BCUT2D eigenvalue weighted by Gasteiger charge is -2.30. The van der Waals surface area contributed by atoms with Gasteiger partial charge < -0.3 is 30.2 Å². The van der Waals surface area contributed by atoms with E-state index in [9.17, 15) is 67.7 Å². The Morgan fingerprint density at radius 1 is 0.813 bits per heavy atom. The number of nitrogens with one attached hydrogen (secondary N) is 3.